The third-order valence-corrected chi connectivity index (χ3v) is 2.21. The minimum Gasteiger partial charge on any atom is -0.377 e. The first-order chi connectivity index (χ1) is 8.81. The number of nitrogens with one attached hydrogen (secondary N) is 1. The SMILES string of the molecule is CS(=O)(=O)Cl.OCNc1ccnc2cc(Cl)ccc12. The summed E-state index contributed by atoms with van der Waals surface area (Å²) in [5.74, 6) is 0. The van der Waals surface area contributed by atoms with Gasteiger partial charge in [0.2, 0.25) is 9.05 Å². The molecule has 19 heavy (non-hydrogen) atoms. The van der Waals surface area contributed by atoms with Crippen LogP contribution in [-0.2, 0) is 9.05 Å². The molecule has 0 aliphatic heterocycles. The maximum atomic E-state index is 9.40. The second-order valence-corrected chi connectivity index (χ2v) is 7.02. The summed E-state index contributed by atoms with van der Waals surface area (Å²) in [5.41, 5.74) is 1.67. The van der Waals surface area contributed by atoms with Crippen LogP contribution in [0.2, 0.25) is 5.02 Å². The van der Waals surface area contributed by atoms with Crippen molar-refractivity contribution >= 4 is 47.9 Å². The lowest BCUT2D eigenvalue weighted by molar-refractivity contribution is 0.326. The van der Waals surface area contributed by atoms with Gasteiger partial charge in [-0.1, -0.05) is 11.6 Å². The first-order valence-corrected chi connectivity index (χ1v) is 8.19. The van der Waals surface area contributed by atoms with Gasteiger partial charge in [-0.05, 0) is 24.3 Å². The van der Waals surface area contributed by atoms with E-state index in [9.17, 15) is 8.42 Å². The highest BCUT2D eigenvalue weighted by atomic mass is 35.7. The summed E-state index contributed by atoms with van der Waals surface area (Å²) in [6.07, 6.45) is 2.60. The number of aliphatic hydroxyl groups excluding tert-OH is 1. The molecule has 5 nitrogen and oxygen atoms in total. The maximum absolute atomic E-state index is 9.40. The molecular weight excluding hydrogens is 311 g/mol. The Morgan fingerprint density at radius 2 is 2.00 bits per heavy atom. The lowest BCUT2D eigenvalue weighted by atomic mass is 10.2. The van der Waals surface area contributed by atoms with E-state index in [0.29, 0.717) is 5.02 Å². The molecule has 0 amide bonds. The van der Waals surface area contributed by atoms with Crippen LogP contribution >= 0.6 is 22.3 Å². The Kier molecular flexibility index (Phi) is 5.81. The van der Waals surface area contributed by atoms with Crippen molar-refractivity contribution in [2.75, 3.05) is 18.3 Å². The first-order valence-electron chi connectivity index (χ1n) is 5.10. The molecule has 0 spiro atoms. The fraction of sp³-hybridized carbons (Fsp3) is 0.182. The fourth-order valence-electron chi connectivity index (χ4n) is 1.36. The van der Waals surface area contributed by atoms with E-state index in [2.05, 4.69) is 21.0 Å². The molecule has 2 N–H and O–H groups in total. The second-order valence-electron chi connectivity index (χ2n) is 3.54. The zero-order valence-corrected chi connectivity index (χ0v) is 12.3. The van der Waals surface area contributed by atoms with E-state index in [1.165, 1.54) is 0 Å². The molecule has 2 rings (SSSR count). The first kappa shape index (κ1) is 16.0. The van der Waals surface area contributed by atoms with Gasteiger partial charge < -0.3 is 10.4 Å². The molecule has 0 fully saturated rings. The van der Waals surface area contributed by atoms with Gasteiger partial charge in [0, 0.05) is 33.0 Å². The summed E-state index contributed by atoms with van der Waals surface area (Å²) in [7, 11) is 1.31. The van der Waals surface area contributed by atoms with Crippen LogP contribution in [0.3, 0.4) is 0 Å². The van der Waals surface area contributed by atoms with Gasteiger partial charge in [-0.15, -0.1) is 0 Å². The van der Waals surface area contributed by atoms with Crippen LogP contribution in [0, 0.1) is 0 Å². The lowest BCUT2D eigenvalue weighted by Crippen LogP contribution is -2.00. The number of pyridine rings is 1. The fourth-order valence-corrected chi connectivity index (χ4v) is 1.53. The zero-order valence-electron chi connectivity index (χ0n) is 9.97. The molecule has 0 saturated heterocycles. The highest BCUT2D eigenvalue weighted by Gasteiger charge is 2.00. The van der Waals surface area contributed by atoms with Crippen molar-refractivity contribution in [3.8, 4) is 0 Å². The summed E-state index contributed by atoms with van der Waals surface area (Å²) in [4.78, 5) is 4.18. The highest BCUT2D eigenvalue weighted by Crippen LogP contribution is 2.23. The summed E-state index contributed by atoms with van der Waals surface area (Å²) in [5, 5.41) is 13.2. The second kappa shape index (κ2) is 6.91. The Morgan fingerprint density at radius 3 is 2.58 bits per heavy atom. The lowest BCUT2D eigenvalue weighted by Gasteiger charge is -2.06. The molecule has 1 heterocycles. The highest BCUT2D eigenvalue weighted by molar-refractivity contribution is 8.13. The number of aromatic nitrogens is 1. The van der Waals surface area contributed by atoms with E-state index in [-0.39, 0.29) is 6.73 Å². The molecular formula is C11H12Cl2N2O3S. The number of fused-ring (bicyclic) bond motifs is 1. The Hall–Kier alpha value is -1.08. The molecule has 2 aromatic rings. The van der Waals surface area contributed by atoms with Crippen LogP contribution in [0.15, 0.2) is 30.5 Å². The van der Waals surface area contributed by atoms with Crippen molar-refractivity contribution < 1.29 is 13.5 Å². The molecule has 0 aliphatic carbocycles. The normalized spacial score (nSPS) is 10.7. The van der Waals surface area contributed by atoms with E-state index in [4.69, 9.17) is 16.7 Å². The van der Waals surface area contributed by atoms with E-state index >= 15 is 0 Å². The van der Waals surface area contributed by atoms with Crippen molar-refractivity contribution in [3.63, 3.8) is 0 Å². The maximum Gasteiger partial charge on any atom is 0.229 e. The third kappa shape index (κ3) is 6.07. The summed E-state index contributed by atoms with van der Waals surface area (Å²) in [6.45, 7) is -0.0955. The van der Waals surface area contributed by atoms with Crippen molar-refractivity contribution in [1.29, 1.82) is 0 Å². The standard InChI is InChI=1S/C10H9ClN2O.CH3ClO2S/c11-7-1-2-8-9(13-6-14)3-4-12-10(8)5-7;1-5(2,3)4/h1-5,14H,6H2,(H,12,13);1H3. The monoisotopic (exact) mass is 322 g/mol. The minimum absolute atomic E-state index is 0.0955. The van der Waals surface area contributed by atoms with E-state index < -0.39 is 9.05 Å². The van der Waals surface area contributed by atoms with Crippen molar-refractivity contribution in [2.45, 2.75) is 0 Å². The molecule has 104 valence electrons. The number of anilines is 1. The molecule has 1 aromatic heterocycles. The Labute approximate surface area is 120 Å². The molecule has 0 radical (unpaired) electrons. The average Bonchev–Trinajstić information content (AvgIpc) is 2.27. The number of benzene rings is 1. The van der Waals surface area contributed by atoms with E-state index in [0.717, 1.165) is 22.8 Å². The Balaban J connectivity index is 0.000000312. The molecule has 0 unspecified atom stereocenters. The summed E-state index contributed by atoms with van der Waals surface area (Å²) >= 11 is 5.84. The number of hydrogen-bond acceptors (Lipinski definition) is 5. The van der Waals surface area contributed by atoms with Crippen molar-refractivity contribution in [3.05, 3.63) is 35.5 Å². The third-order valence-electron chi connectivity index (χ3n) is 1.97. The molecule has 0 saturated carbocycles. The van der Waals surface area contributed by atoms with E-state index in [1.807, 2.05) is 12.1 Å². The number of hydrogen-bond donors (Lipinski definition) is 2. The molecule has 0 bridgehead atoms. The quantitative estimate of drug-likeness (QED) is 0.655. The predicted molar refractivity (Wildman–Crippen MR) is 78.2 cm³/mol. The minimum atomic E-state index is -3.19. The smallest absolute Gasteiger partial charge is 0.229 e. The van der Waals surface area contributed by atoms with Crippen LogP contribution in [0.25, 0.3) is 10.9 Å². The van der Waals surface area contributed by atoms with Crippen LogP contribution in [0.1, 0.15) is 0 Å². The van der Waals surface area contributed by atoms with Crippen LogP contribution in [-0.4, -0.2) is 31.5 Å². The number of nitrogens with zero attached hydrogens (tertiary/aromatic N) is 1. The van der Waals surface area contributed by atoms with Crippen molar-refractivity contribution in [1.82, 2.24) is 4.98 Å². The summed E-state index contributed by atoms with van der Waals surface area (Å²) < 4.78 is 18.8. The van der Waals surface area contributed by atoms with Crippen LogP contribution in [0.5, 0.6) is 0 Å². The number of aliphatic hydroxyl groups is 1. The average molecular weight is 323 g/mol. The van der Waals surface area contributed by atoms with Gasteiger partial charge in [0.05, 0.1) is 11.8 Å². The summed E-state index contributed by atoms with van der Waals surface area (Å²) in [6, 6.07) is 7.28. The number of halogens is 2. The topological polar surface area (TPSA) is 79.3 Å². The van der Waals surface area contributed by atoms with Crippen LogP contribution < -0.4 is 5.32 Å². The zero-order chi connectivity index (χ0) is 14.5. The van der Waals surface area contributed by atoms with Gasteiger partial charge in [0.15, 0.2) is 0 Å². The number of rotatable bonds is 2. The Bertz CT molecular complexity index is 654. The van der Waals surface area contributed by atoms with Gasteiger partial charge in [-0.25, -0.2) is 8.42 Å². The molecule has 0 aliphatic rings. The van der Waals surface area contributed by atoms with Gasteiger partial charge in [0.1, 0.15) is 6.73 Å². The van der Waals surface area contributed by atoms with Crippen LogP contribution in [0.4, 0.5) is 5.69 Å². The van der Waals surface area contributed by atoms with Gasteiger partial charge >= 0.3 is 0 Å². The van der Waals surface area contributed by atoms with Gasteiger partial charge in [0.25, 0.3) is 0 Å². The van der Waals surface area contributed by atoms with Crippen molar-refractivity contribution in [2.24, 2.45) is 0 Å². The molecule has 0 atom stereocenters. The van der Waals surface area contributed by atoms with Gasteiger partial charge in [-0.2, -0.15) is 0 Å². The molecule has 1 aromatic carbocycles. The van der Waals surface area contributed by atoms with Gasteiger partial charge in [-0.3, -0.25) is 4.98 Å². The predicted octanol–water partition coefficient (Wildman–Crippen LogP) is 2.43. The largest absolute Gasteiger partial charge is 0.377 e. The Morgan fingerprint density at radius 1 is 1.37 bits per heavy atom. The van der Waals surface area contributed by atoms with E-state index in [1.54, 1.807) is 18.3 Å². The molecule has 8 heteroatoms.